The molecule has 2 aromatic carbocycles. The molecule has 0 aliphatic carbocycles. The van der Waals surface area contributed by atoms with Gasteiger partial charge in [-0.1, -0.05) is 48.0 Å². The van der Waals surface area contributed by atoms with Crippen LogP contribution in [0.5, 0.6) is 5.75 Å². The molecule has 92 valence electrons. The molecule has 0 aromatic heterocycles. The van der Waals surface area contributed by atoms with E-state index >= 15 is 0 Å². The van der Waals surface area contributed by atoms with E-state index in [9.17, 15) is 0 Å². The largest absolute Gasteiger partial charge is 0.493 e. The molecule has 1 atom stereocenters. The van der Waals surface area contributed by atoms with Gasteiger partial charge in [0, 0.05) is 12.0 Å². The van der Waals surface area contributed by atoms with Gasteiger partial charge in [-0.25, -0.2) is 0 Å². The van der Waals surface area contributed by atoms with E-state index < -0.39 is 0 Å². The molecule has 1 aliphatic rings. The molecule has 0 saturated carbocycles. The summed E-state index contributed by atoms with van der Waals surface area (Å²) in [7, 11) is 0. The molecular formula is C16H17NO. The van der Waals surface area contributed by atoms with Crippen molar-refractivity contribution in [2.24, 2.45) is 5.73 Å². The number of hydrogen-bond acceptors (Lipinski definition) is 2. The second kappa shape index (κ2) is 4.46. The molecule has 2 nitrogen and oxygen atoms in total. The summed E-state index contributed by atoms with van der Waals surface area (Å²) in [4.78, 5) is 0. The van der Waals surface area contributed by atoms with Crippen molar-refractivity contribution in [3.63, 3.8) is 0 Å². The smallest absolute Gasteiger partial charge is 0.127 e. The number of fused-ring (bicyclic) bond motifs is 1. The summed E-state index contributed by atoms with van der Waals surface area (Å²) in [5.41, 5.74) is 11.1. The molecule has 1 heterocycles. The van der Waals surface area contributed by atoms with E-state index in [4.69, 9.17) is 10.5 Å². The fourth-order valence-corrected chi connectivity index (χ4v) is 2.53. The summed E-state index contributed by atoms with van der Waals surface area (Å²) in [6.07, 6.45) is 0.990. The number of aryl methyl sites for hydroxylation is 1. The average molecular weight is 239 g/mol. The molecule has 0 spiro atoms. The Morgan fingerprint density at radius 3 is 2.83 bits per heavy atom. The lowest BCUT2D eigenvalue weighted by atomic mass is 9.96. The zero-order valence-corrected chi connectivity index (χ0v) is 10.5. The molecule has 1 aliphatic heterocycles. The SMILES string of the molecule is Cc1cccc(C(N)c2cccc3c2OCC3)c1. The van der Waals surface area contributed by atoms with Gasteiger partial charge in [0.2, 0.25) is 0 Å². The van der Waals surface area contributed by atoms with Crippen LogP contribution >= 0.6 is 0 Å². The Morgan fingerprint density at radius 1 is 1.17 bits per heavy atom. The first-order valence-electron chi connectivity index (χ1n) is 6.32. The Kier molecular flexibility index (Phi) is 2.80. The van der Waals surface area contributed by atoms with Crippen LogP contribution in [0.3, 0.4) is 0 Å². The number of nitrogens with two attached hydrogens (primary N) is 1. The normalized spacial score (nSPS) is 15.0. The highest BCUT2D eigenvalue weighted by atomic mass is 16.5. The first-order chi connectivity index (χ1) is 8.75. The predicted octanol–water partition coefficient (Wildman–Crippen LogP) is 2.98. The fraction of sp³-hybridized carbons (Fsp3) is 0.250. The number of benzene rings is 2. The molecule has 0 saturated heterocycles. The first kappa shape index (κ1) is 11.3. The highest BCUT2D eigenvalue weighted by molar-refractivity contribution is 5.48. The Bertz CT molecular complexity index is 577. The standard InChI is InChI=1S/C16H17NO/c1-11-4-2-6-13(10-11)15(17)14-7-3-5-12-8-9-18-16(12)14/h2-7,10,15H,8-9,17H2,1H3. The van der Waals surface area contributed by atoms with Crippen molar-refractivity contribution < 1.29 is 4.74 Å². The monoisotopic (exact) mass is 239 g/mol. The molecule has 0 bridgehead atoms. The van der Waals surface area contributed by atoms with Crippen molar-refractivity contribution in [1.82, 2.24) is 0 Å². The number of hydrogen-bond donors (Lipinski definition) is 1. The van der Waals surface area contributed by atoms with Crippen LogP contribution in [0.2, 0.25) is 0 Å². The van der Waals surface area contributed by atoms with Crippen molar-refractivity contribution in [2.45, 2.75) is 19.4 Å². The molecule has 0 amide bonds. The number of ether oxygens (including phenoxy) is 1. The van der Waals surface area contributed by atoms with E-state index in [2.05, 4.69) is 49.4 Å². The maximum atomic E-state index is 6.38. The molecular weight excluding hydrogens is 222 g/mol. The summed E-state index contributed by atoms with van der Waals surface area (Å²) in [6.45, 7) is 2.86. The molecule has 2 N–H and O–H groups in total. The van der Waals surface area contributed by atoms with E-state index in [1.807, 2.05) is 0 Å². The zero-order valence-electron chi connectivity index (χ0n) is 10.5. The molecule has 0 radical (unpaired) electrons. The van der Waals surface area contributed by atoms with Crippen LogP contribution in [0.1, 0.15) is 28.3 Å². The second-order valence-corrected chi connectivity index (χ2v) is 4.83. The molecule has 0 fully saturated rings. The predicted molar refractivity (Wildman–Crippen MR) is 72.9 cm³/mol. The Balaban J connectivity index is 2.03. The summed E-state index contributed by atoms with van der Waals surface area (Å²) in [5, 5.41) is 0. The van der Waals surface area contributed by atoms with Crippen molar-refractivity contribution >= 4 is 0 Å². The van der Waals surface area contributed by atoms with Gasteiger partial charge in [-0.3, -0.25) is 0 Å². The third-order valence-corrected chi connectivity index (χ3v) is 3.48. The maximum Gasteiger partial charge on any atom is 0.127 e. The summed E-state index contributed by atoms with van der Waals surface area (Å²) in [5.74, 6) is 0.992. The summed E-state index contributed by atoms with van der Waals surface area (Å²) in [6, 6.07) is 14.5. The van der Waals surface area contributed by atoms with Gasteiger partial charge in [0.1, 0.15) is 5.75 Å². The highest BCUT2D eigenvalue weighted by Gasteiger charge is 2.20. The van der Waals surface area contributed by atoms with Crippen LogP contribution in [0, 0.1) is 6.92 Å². The van der Waals surface area contributed by atoms with Crippen molar-refractivity contribution in [3.05, 3.63) is 64.7 Å². The van der Waals surface area contributed by atoms with Crippen LogP contribution in [0.25, 0.3) is 0 Å². The fourth-order valence-electron chi connectivity index (χ4n) is 2.53. The minimum absolute atomic E-state index is 0.113. The molecule has 1 unspecified atom stereocenters. The van der Waals surface area contributed by atoms with Gasteiger partial charge >= 0.3 is 0 Å². The molecule has 18 heavy (non-hydrogen) atoms. The third-order valence-electron chi connectivity index (χ3n) is 3.48. The van der Waals surface area contributed by atoms with Crippen molar-refractivity contribution in [2.75, 3.05) is 6.61 Å². The van der Waals surface area contributed by atoms with Crippen LogP contribution < -0.4 is 10.5 Å². The minimum Gasteiger partial charge on any atom is -0.493 e. The van der Waals surface area contributed by atoms with E-state index in [-0.39, 0.29) is 6.04 Å². The van der Waals surface area contributed by atoms with Crippen LogP contribution in [0.15, 0.2) is 42.5 Å². The maximum absolute atomic E-state index is 6.38. The van der Waals surface area contributed by atoms with Gasteiger partial charge < -0.3 is 10.5 Å². The molecule has 2 heteroatoms. The Labute approximate surface area is 107 Å². The topological polar surface area (TPSA) is 35.2 Å². The van der Waals surface area contributed by atoms with E-state index in [1.54, 1.807) is 0 Å². The van der Waals surface area contributed by atoms with E-state index in [0.29, 0.717) is 0 Å². The number of para-hydroxylation sites is 1. The van der Waals surface area contributed by atoms with Crippen LogP contribution in [-0.4, -0.2) is 6.61 Å². The van der Waals surface area contributed by atoms with E-state index in [0.717, 1.165) is 29.9 Å². The third kappa shape index (κ3) is 1.89. The van der Waals surface area contributed by atoms with Gasteiger partial charge in [0.05, 0.1) is 12.6 Å². The quantitative estimate of drug-likeness (QED) is 0.874. The summed E-state index contributed by atoms with van der Waals surface area (Å²) < 4.78 is 5.72. The lowest BCUT2D eigenvalue weighted by molar-refractivity contribution is 0.352. The van der Waals surface area contributed by atoms with Crippen LogP contribution in [-0.2, 0) is 6.42 Å². The number of rotatable bonds is 2. The molecule has 3 rings (SSSR count). The highest BCUT2D eigenvalue weighted by Crippen LogP contribution is 2.35. The first-order valence-corrected chi connectivity index (χ1v) is 6.32. The Morgan fingerprint density at radius 2 is 2.00 bits per heavy atom. The van der Waals surface area contributed by atoms with Gasteiger partial charge in [-0.2, -0.15) is 0 Å². The van der Waals surface area contributed by atoms with E-state index in [1.165, 1.54) is 11.1 Å². The van der Waals surface area contributed by atoms with Gasteiger partial charge in [-0.05, 0) is 18.1 Å². The lowest BCUT2D eigenvalue weighted by Gasteiger charge is -2.16. The lowest BCUT2D eigenvalue weighted by Crippen LogP contribution is -2.13. The average Bonchev–Trinajstić information content (AvgIpc) is 2.86. The van der Waals surface area contributed by atoms with Crippen molar-refractivity contribution in [3.8, 4) is 5.75 Å². The zero-order chi connectivity index (χ0) is 12.5. The van der Waals surface area contributed by atoms with Crippen molar-refractivity contribution in [1.29, 1.82) is 0 Å². The second-order valence-electron chi connectivity index (χ2n) is 4.83. The molecule has 2 aromatic rings. The van der Waals surface area contributed by atoms with Crippen LogP contribution in [0.4, 0.5) is 0 Å². The Hall–Kier alpha value is -1.80. The van der Waals surface area contributed by atoms with Gasteiger partial charge in [-0.15, -0.1) is 0 Å². The van der Waals surface area contributed by atoms with Gasteiger partial charge in [0.25, 0.3) is 0 Å². The minimum atomic E-state index is -0.113. The van der Waals surface area contributed by atoms with Gasteiger partial charge in [0.15, 0.2) is 0 Å². The summed E-state index contributed by atoms with van der Waals surface area (Å²) >= 11 is 0.